The normalized spacial score (nSPS) is 30.2. The summed E-state index contributed by atoms with van der Waals surface area (Å²) in [7, 11) is 0. The van der Waals surface area contributed by atoms with E-state index in [0.717, 1.165) is 31.4 Å². The Hall–Kier alpha value is -2.11. The van der Waals surface area contributed by atoms with E-state index in [4.69, 9.17) is 14.2 Å². The quantitative estimate of drug-likeness (QED) is 0.399. The molecular formula is C19H26O6. The first-order valence-corrected chi connectivity index (χ1v) is 8.48. The van der Waals surface area contributed by atoms with Crippen LogP contribution in [0.15, 0.2) is 25.3 Å². The van der Waals surface area contributed by atoms with Gasteiger partial charge in [0.25, 0.3) is 0 Å². The molecule has 2 aliphatic rings. The molecule has 0 aromatic heterocycles. The monoisotopic (exact) mass is 350 g/mol. The van der Waals surface area contributed by atoms with Crippen LogP contribution in [-0.2, 0) is 28.6 Å². The van der Waals surface area contributed by atoms with E-state index in [1.54, 1.807) is 0 Å². The Kier molecular flexibility index (Phi) is 5.40. The molecular weight excluding hydrogens is 324 g/mol. The minimum absolute atomic E-state index is 0.0839. The number of rotatable bonds is 7. The first-order valence-electron chi connectivity index (χ1n) is 8.48. The summed E-state index contributed by atoms with van der Waals surface area (Å²) < 4.78 is 15.5. The van der Waals surface area contributed by atoms with E-state index >= 15 is 0 Å². The second-order valence-corrected chi connectivity index (χ2v) is 7.50. The van der Waals surface area contributed by atoms with Gasteiger partial charge in [-0.2, -0.15) is 0 Å². The van der Waals surface area contributed by atoms with E-state index in [0.29, 0.717) is 5.92 Å². The first kappa shape index (κ1) is 19.2. The lowest BCUT2D eigenvalue weighted by Crippen LogP contribution is -2.42. The smallest absolute Gasteiger partial charge is 0.351 e. The zero-order valence-corrected chi connectivity index (χ0v) is 15.1. The predicted octanol–water partition coefficient (Wildman–Crippen LogP) is 2.57. The predicted molar refractivity (Wildman–Crippen MR) is 90.3 cm³/mol. The number of fused-ring (bicyclic) bond motifs is 2. The summed E-state index contributed by atoms with van der Waals surface area (Å²) in [6.07, 6.45) is 3.27. The number of hydrogen-bond acceptors (Lipinski definition) is 6. The highest BCUT2D eigenvalue weighted by Crippen LogP contribution is 2.66. The summed E-state index contributed by atoms with van der Waals surface area (Å²) in [5.41, 5.74) is -0.0291. The molecule has 2 bridgehead atoms. The van der Waals surface area contributed by atoms with Crippen LogP contribution >= 0.6 is 0 Å². The molecule has 0 radical (unpaired) electrons. The molecule has 25 heavy (non-hydrogen) atoms. The van der Waals surface area contributed by atoms with E-state index in [9.17, 15) is 14.4 Å². The molecule has 138 valence electrons. The Balaban J connectivity index is 2.06. The van der Waals surface area contributed by atoms with Gasteiger partial charge in [0.2, 0.25) is 6.10 Å². The van der Waals surface area contributed by atoms with Crippen molar-refractivity contribution >= 4 is 17.9 Å². The maximum Gasteiger partial charge on any atom is 0.351 e. The molecule has 6 nitrogen and oxygen atoms in total. The fraction of sp³-hybridized carbons (Fsp3) is 0.632. The lowest BCUT2D eigenvalue weighted by molar-refractivity contribution is -0.179. The van der Waals surface area contributed by atoms with Gasteiger partial charge in [0.15, 0.2) is 0 Å². The Morgan fingerprint density at radius 2 is 1.80 bits per heavy atom. The van der Waals surface area contributed by atoms with Gasteiger partial charge in [-0.05, 0) is 30.6 Å². The van der Waals surface area contributed by atoms with Gasteiger partial charge in [0.1, 0.15) is 12.7 Å². The average Bonchev–Trinajstić information content (AvgIpc) is 2.91. The van der Waals surface area contributed by atoms with Gasteiger partial charge in [-0.25, -0.2) is 14.4 Å². The molecule has 2 aliphatic carbocycles. The first-order chi connectivity index (χ1) is 11.7. The van der Waals surface area contributed by atoms with Gasteiger partial charge in [-0.3, -0.25) is 0 Å². The van der Waals surface area contributed by atoms with Crippen LogP contribution in [0.5, 0.6) is 0 Å². The fourth-order valence-electron chi connectivity index (χ4n) is 4.08. The van der Waals surface area contributed by atoms with Crippen molar-refractivity contribution in [3.05, 3.63) is 25.3 Å². The van der Waals surface area contributed by atoms with Crippen LogP contribution in [0.2, 0.25) is 0 Å². The topological polar surface area (TPSA) is 78.9 Å². The van der Waals surface area contributed by atoms with E-state index < -0.39 is 30.6 Å². The van der Waals surface area contributed by atoms with Crippen LogP contribution in [0.1, 0.15) is 40.0 Å². The third-order valence-electron chi connectivity index (χ3n) is 6.20. The van der Waals surface area contributed by atoms with Crippen molar-refractivity contribution in [3.8, 4) is 0 Å². The second kappa shape index (κ2) is 7.02. The number of carbonyl (C=O) groups excluding carboxylic acids is 3. The fourth-order valence-corrected chi connectivity index (χ4v) is 4.08. The molecule has 0 heterocycles. The van der Waals surface area contributed by atoms with Crippen molar-refractivity contribution in [2.24, 2.45) is 16.7 Å². The van der Waals surface area contributed by atoms with Gasteiger partial charge in [0.05, 0.1) is 0 Å². The molecule has 6 heteroatoms. The summed E-state index contributed by atoms with van der Waals surface area (Å²) in [4.78, 5) is 35.2. The summed E-state index contributed by atoms with van der Waals surface area (Å²) in [5.74, 6) is -1.69. The highest BCUT2D eigenvalue weighted by Gasteiger charge is 2.63. The SMILES string of the molecule is C=CC(=O)OCC(OC(=O)C=C)C(=O)O[C@@H]1C[C@@H]2CC[C@]1(C)C2(C)C. The number of ether oxygens (including phenoxy) is 3. The standard InChI is InChI=1S/C19H26O6/c1-6-15(20)23-11-13(24-16(21)7-2)17(22)25-14-10-12-8-9-19(14,5)18(12,3)4/h6-7,12-14H,1-2,8-11H2,3-5H3/t12-,13?,14+,19-/m0/s1. The molecule has 1 unspecified atom stereocenters. The Morgan fingerprint density at radius 3 is 2.28 bits per heavy atom. The third kappa shape index (κ3) is 3.48. The number of carbonyl (C=O) groups is 3. The summed E-state index contributed by atoms with van der Waals surface area (Å²) in [6.45, 7) is 12.7. The summed E-state index contributed by atoms with van der Waals surface area (Å²) >= 11 is 0. The van der Waals surface area contributed by atoms with E-state index in [1.165, 1.54) is 0 Å². The zero-order valence-electron chi connectivity index (χ0n) is 15.1. The molecule has 2 fully saturated rings. The van der Waals surface area contributed by atoms with Gasteiger partial charge in [-0.15, -0.1) is 0 Å². The lowest BCUT2D eigenvalue weighted by atomic mass is 9.70. The number of esters is 3. The Labute approximate surface area is 148 Å². The van der Waals surface area contributed by atoms with Crippen LogP contribution in [-0.4, -0.2) is 36.7 Å². The molecule has 0 spiro atoms. The van der Waals surface area contributed by atoms with Gasteiger partial charge in [0, 0.05) is 17.6 Å². The van der Waals surface area contributed by atoms with E-state index in [2.05, 4.69) is 33.9 Å². The van der Waals surface area contributed by atoms with Crippen LogP contribution in [0.25, 0.3) is 0 Å². The van der Waals surface area contributed by atoms with E-state index in [1.807, 2.05) is 0 Å². The van der Waals surface area contributed by atoms with Crippen molar-refractivity contribution in [1.82, 2.24) is 0 Å². The van der Waals surface area contributed by atoms with E-state index in [-0.39, 0.29) is 16.9 Å². The van der Waals surface area contributed by atoms with Crippen molar-refractivity contribution < 1.29 is 28.6 Å². The molecule has 0 aromatic rings. The summed E-state index contributed by atoms with van der Waals surface area (Å²) in [5, 5.41) is 0. The molecule has 4 atom stereocenters. The average molecular weight is 350 g/mol. The second-order valence-electron chi connectivity index (χ2n) is 7.50. The van der Waals surface area contributed by atoms with Crippen LogP contribution in [0.4, 0.5) is 0 Å². The highest BCUT2D eigenvalue weighted by atomic mass is 16.6. The Bertz CT molecular complexity index is 593. The summed E-state index contributed by atoms with van der Waals surface area (Å²) in [6, 6.07) is 0. The zero-order chi connectivity index (χ0) is 18.8. The third-order valence-corrected chi connectivity index (χ3v) is 6.20. The van der Waals surface area contributed by atoms with Crippen molar-refractivity contribution in [2.45, 2.75) is 52.2 Å². The molecule has 0 aliphatic heterocycles. The maximum absolute atomic E-state index is 12.5. The Morgan fingerprint density at radius 1 is 1.16 bits per heavy atom. The minimum Gasteiger partial charge on any atom is -0.459 e. The van der Waals surface area contributed by atoms with Crippen LogP contribution in [0, 0.1) is 16.7 Å². The van der Waals surface area contributed by atoms with Crippen molar-refractivity contribution in [1.29, 1.82) is 0 Å². The minimum atomic E-state index is -1.32. The van der Waals surface area contributed by atoms with Crippen molar-refractivity contribution in [3.63, 3.8) is 0 Å². The van der Waals surface area contributed by atoms with Gasteiger partial charge in [-0.1, -0.05) is 33.9 Å². The largest absolute Gasteiger partial charge is 0.459 e. The van der Waals surface area contributed by atoms with Crippen LogP contribution < -0.4 is 0 Å². The lowest BCUT2D eigenvalue weighted by Gasteiger charge is -2.38. The van der Waals surface area contributed by atoms with Crippen molar-refractivity contribution in [2.75, 3.05) is 6.61 Å². The van der Waals surface area contributed by atoms with Crippen LogP contribution in [0.3, 0.4) is 0 Å². The number of hydrogen-bond donors (Lipinski definition) is 0. The highest BCUT2D eigenvalue weighted by molar-refractivity contribution is 5.86. The molecule has 0 amide bonds. The van der Waals surface area contributed by atoms with Gasteiger partial charge >= 0.3 is 17.9 Å². The molecule has 0 aromatic carbocycles. The maximum atomic E-state index is 12.5. The molecule has 0 N–H and O–H groups in total. The molecule has 2 rings (SSSR count). The molecule has 0 saturated heterocycles. The molecule has 2 saturated carbocycles. The van der Waals surface area contributed by atoms with Gasteiger partial charge < -0.3 is 14.2 Å².